The molecule has 0 atom stereocenters. The van der Waals surface area contributed by atoms with Gasteiger partial charge in [0.1, 0.15) is 0 Å². The molecular weight excluding hydrogens is 547 g/mol. The van der Waals surface area contributed by atoms with Crippen LogP contribution < -0.4 is 5.46 Å². The van der Waals surface area contributed by atoms with Gasteiger partial charge in [-0.05, 0) is 73.1 Å². The molecule has 0 spiro atoms. The topological polar surface area (TPSA) is 35.8 Å². The highest BCUT2D eigenvalue weighted by Gasteiger charge is 2.51. The fraction of sp³-hybridized carbons (Fsp3) is 0.162. The van der Waals surface area contributed by atoms with Gasteiger partial charge in [-0.25, -0.2) is 4.98 Å². The minimum Gasteiger partial charge on any atom is -0.399 e. The van der Waals surface area contributed by atoms with E-state index in [0.29, 0.717) is 0 Å². The van der Waals surface area contributed by atoms with Crippen LogP contribution >= 0.6 is 11.3 Å². The third-order valence-electron chi connectivity index (χ3n) is 9.64. The fourth-order valence-electron chi connectivity index (χ4n) is 6.60. The monoisotopic (exact) mass is 576 g/mol. The average molecular weight is 577 g/mol. The highest BCUT2D eigenvalue weighted by Crippen LogP contribution is 2.42. The van der Waals surface area contributed by atoms with Crippen LogP contribution in [0.5, 0.6) is 0 Å². The van der Waals surface area contributed by atoms with Gasteiger partial charge in [-0.15, -0.1) is 11.3 Å². The molecule has 0 saturated carbocycles. The molecule has 6 heteroatoms. The van der Waals surface area contributed by atoms with E-state index >= 15 is 0 Å². The Morgan fingerprint density at radius 1 is 0.674 bits per heavy atom. The Hall–Kier alpha value is -4.23. The van der Waals surface area contributed by atoms with E-state index in [1.807, 2.05) is 11.3 Å². The molecular formula is C37H29BN2O2S. The molecule has 0 bridgehead atoms. The number of fused-ring (bicyclic) bond motifs is 11. The van der Waals surface area contributed by atoms with E-state index in [2.05, 4.69) is 135 Å². The number of benzene rings is 5. The maximum Gasteiger partial charge on any atom is 0.494 e. The average Bonchev–Trinajstić information content (AvgIpc) is 3.65. The van der Waals surface area contributed by atoms with Crippen LogP contribution in [-0.4, -0.2) is 27.7 Å². The van der Waals surface area contributed by atoms with Crippen molar-refractivity contribution in [3.63, 3.8) is 0 Å². The Bertz CT molecular complexity index is 2400. The molecule has 4 heterocycles. The smallest absolute Gasteiger partial charge is 0.399 e. The fourth-order valence-corrected chi connectivity index (χ4v) is 7.77. The molecule has 43 heavy (non-hydrogen) atoms. The summed E-state index contributed by atoms with van der Waals surface area (Å²) in [4.78, 5) is 5.41. The molecule has 0 amide bonds. The first-order chi connectivity index (χ1) is 20.8. The van der Waals surface area contributed by atoms with Gasteiger partial charge < -0.3 is 9.31 Å². The predicted molar refractivity (Wildman–Crippen MR) is 182 cm³/mol. The standard InChI is InChI=1S/C37H29BN2O2S/c1-36(2)37(3,4)42-38(41-36)24-16-13-23(14-17-24)31-21-29-27-11-7-8-12-32(27)43-34(29)35-39-33-28-18-15-22-9-5-6-10-25(22)26(28)19-20-30(33)40(31)35/h5-21H,1-4H3. The minimum atomic E-state index is -0.391. The summed E-state index contributed by atoms with van der Waals surface area (Å²) in [7, 11) is -0.391. The largest absolute Gasteiger partial charge is 0.494 e. The first-order valence-corrected chi connectivity index (χ1v) is 15.6. The van der Waals surface area contributed by atoms with E-state index in [-0.39, 0.29) is 11.2 Å². The Morgan fingerprint density at radius 2 is 1.37 bits per heavy atom. The van der Waals surface area contributed by atoms with Gasteiger partial charge in [0.2, 0.25) is 0 Å². The molecule has 0 radical (unpaired) electrons. The maximum atomic E-state index is 6.34. The quantitative estimate of drug-likeness (QED) is 0.152. The summed E-state index contributed by atoms with van der Waals surface area (Å²) in [5.41, 5.74) is 5.66. The molecule has 0 unspecified atom stereocenters. The Balaban J connectivity index is 1.31. The number of imidazole rings is 1. The van der Waals surface area contributed by atoms with Crippen molar-refractivity contribution in [2.75, 3.05) is 0 Å². The molecule has 3 aromatic heterocycles. The zero-order valence-corrected chi connectivity index (χ0v) is 25.3. The van der Waals surface area contributed by atoms with Crippen LogP contribution in [0.3, 0.4) is 0 Å². The lowest BCUT2D eigenvalue weighted by molar-refractivity contribution is 0.00578. The molecule has 5 aromatic carbocycles. The van der Waals surface area contributed by atoms with Crippen LogP contribution in [-0.2, 0) is 9.31 Å². The van der Waals surface area contributed by atoms with Gasteiger partial charge in [0.05, 0.1) is 32.6 Å². The lowest BCUT2D eigenvalue weighted by atomic mass is 9.78. The summed E-state index contributed by atoms with van der Waals surface area (Å²) in [6.07, 6.45) is 0. The van der Waals surface area contributed by atoms with Crippen molar-refractivity contribution in [1.82, 2.24) is 9.38 Å². The van der Waals surface area contributed by atoms with Crippen molar-refractivity contribution < 1.29 is 9.31 Å². The van der Waals surface area contributed by atoms with Crippen LogP contribution in [0.4, 0.5) is 0 Å². The van der Waals surface area contributed by atoms with E-state index in [0.717, 1.165) is 33.4 Å². The van der Waals surface area contributed by atoms with Gasteiger partial charge in [0.25, 0.3) is 0 Å². The molecule has 1 fully saturated rings. The zero-order valence-electron chi connectivity index (χ0n) is 24.5. The summed E-state index contributed by atoms with van der Waals surface area (Å²) in [6, 6.07) is 37.2. The van der Waals surface area contributed by atoms with Crippen molar-refractivity contribution in [2.24, 2.45) is 0 Å². The van der Waals surface area contributed by atoms with E-state index in [9.17, 15) is 0 Å². The van der Waals surface area contributed by atoms with Crippen LogP contribution in [0, 0.1) is 0 Å². The second-order valence-electron chi connectivity index (χ2n) is 12.7. The number of hydrogen-bond acceptors (Lipinski definition) is 4. The SMILES string of the molecule is CC1(C)OB(c2ccc(-c3cc4c5ccccc5sc4c4nc5c6ccc7ccccc7c6ccc5n34)cc2)OC1(C)C. The zero-order chi connectivity index (χ0) is 29.1. The van der Waals surface area contributed by atoms with Crippen molar-refractivity contribution >= 4 is 82.3 Å². The van der Waals surface area contributed by atoms with Gasteiger partial charge in [0, 0.05) is 20.9 Å². The van der Waals surface area contributed by atoms with Crippen LogP contribution in [0.2, 0.25) is 0 Å². The molecule has 208 valence electrons. The van der Waals surface area contributed by atoms with Gasteiger partial charge in [-0.3, -0.25) is 4.40 Å². The Labute approximate surface area is 253 Å². The number of thiophene rings is 1. The second-order valence-corrected chi connectivity index (χ2v) is 13.7. The molecule has 1 saturated heterocycles. The molecule has 9 rings (SSSR count). The number of aromatic nitrogens is 2. The predicted octanol–water partition coefficient (Wildman–Crippen LogP) is 9.13. The molecule has 0 N–H and O–H groups in total. The van der Waals surface area contributed by atoms with Gasteiger partial charge in [-0.2, -0.15) is 0 Å². The number of hydrogen-bond donors (Lipinski definition) is 0. The first kappa shape index (κ1) is 25.3. The summed E-state index contributed by atoms with van der Waals surface area (Å²) in [5, 5.41) is 7.41. The van der Waals surface area contributed by atoms with Crippen molar-refractivity contribution in [2.45, 2.75) is 38.9 Å². The van der Waals surface area contributed by atoms with E-state index in [1.54, 1.807) is 0 Å². The lowest BCUT2D eigenvalue weighted by Crippen LogP contribution is -2.41. The lowest BCUT2D eigenvalue weighted by Gasteiger charge is -2.32. The summed E-state index contributed by atoms with van der Waals surface area (Å²) in [6.45, 7) is 8.37. The van der Waals surface area contributed by atoms with E-state index in [1.165, 1.54) is 41.7 Å². The third kappa shape index (κ3) is 3.55. The summed E-state index contributed by atoms with van der Waals surface area (Å²) >= 11 is 1.82. The molecule has 4 nitrogen and oxygen atoms in total. The second kappa shape index (κ2) is 8.67. The highest BCUT2D eigenvalue weighted by atomic mass is 32.1. The maximum absolute atomic E-state index is 6.34. The van der Waals surface area contributed by atoms with Crippen molar-refractivity contribution in [3.8, 4) is 11.3 Å². The molecule has 1 aliphatic rings. The normalized spacial score (nSPS) is 16.5. The molecule has 8 aromatic rings. The van der Waals surface area contributed by atoms with E-state index in [4.69, 9.17) is 14.3 Å². The highest BCUT2D eigenvalue weighted by molar-refractivity contribution is 7.26. The summed E-state index contributed by atoms with van der Waals surface area (Å²) in [5.74, 6) is 0. The Morgan fingerprint density at radius 3 is 2.16 bits per heavy atom. The van der Waals surface area contributed by atoms with Crippen LogP contribution in [0.25, 0.3) is 69.7 Å². The summed E-state index contributed by atoms with van der Waals surface area (Å²) < 4.78 is 17.5. The molecule has 1 aliphatic heterocycles. The van der Waals surface area contributed by atoms with Crippen LogP contribution in [0.1, 0.15) is 27.7 Å². The van der Waals surface area contributed by atoms with Gasteiger partial charge >= 0.3 is 7.12 Å². The first-order valence-electron chi connectivity index (χ1n) is 14.8. The van der Waals surface area contributed by atoms with Crippen LogP contribution in [0.15, 0.2) is 103 Å². The van der Waals surface area contributed by atoms with Gasteiger partial charge in [0.15, 0.2) is 5.65 Å². The van der Waals surface area contributed by atoms with Crippen molar-refractivity contribution in [1.29, 1.82) is 0 Å². The Kier molecular flexibility index (Phi) is 5.10. The third-order valence-corrected chi connectivity index (χ3v) is 10.8. The van der Waals surface area contributed by atoms with Gasteiger partial charge in [-0.1, -0.05) is 84.9 Å². The number of pyridine rings is 1. The molecule has 0 aliphatic carbocycles. The number of nitrogens with zero attached hydrogens (tertiary/aromatic N) is 2. The van der Waals surface area contributed by atoms with E-state index < -0.39 is 7.12 Å². The minimum absolute atomic E-state index is 0.378. The number of rotatable bonds is 2. The van der Waals surface area contributed by atoms with Crippen molar-refractivity contribution in [3.05, 3.63) is 103 Å².